The van der Waals surface area contributed by atoms with Gasteiger partial charge in [-0.2, -0.15) is 0 Å². The van der Waals surface area contributed by atoms with E-state index in [-0.39, 0.29) is 5.91 Å². The van der Waals surface area contributed by atoms with Crippen LogP contribution in [0.5, 0.6) is 5.75 Å². The van der Waals surface area contributed by atoms with Gasteiger partial charge >= 0.3 is 0 Å². The fraction of sp³-hybridized carbons (Fsp3) is 0.500. The number of benzene rings is 1. The van der Waals surface area contributed by atoms with E-state index < -0.39 is 0 Å². The third-order valence-electron chi connectivity index (χ3n) is 5.49. The maximum atomic E-state index is 12.9. The summed E-state index contributed by atoms with van der Waals surface area (Å²) in [5.74, 6) is 0.978. The van der Waals surface area contributed by atoms with Gasteiger partial charge in [-0.25, -0.2) is 0 Å². The molecule has 0 unspecified atom stereocenters. The smallest absolute Gasteiger partial charge is 0.268 e. The van der Waals surface area contributed by atoms with Crippen molar-refractivity contribution in [1.29, 1.82) is 0 Å². The van der Waals surface area contributed by atoms with E-state index in [1.165, 1.54) is 49.3 Å². The number of amides is 1. The van der Waals surface area contributed by atoms with E-state index in [1.807, 2.05) is 22.4 Å². The zero-order chi connectivity index (χ0) is 18.5. The van der Waals surface area contributed by atoms with Crippen molar-refractivity contribution >= 4 is 22.9 Å². The summed E-state index contributed by atoms with van der Waals surface area (Å²) in [5, 5.41) is 1.96. The molecule has 0 spiro atoms. The normalized spacial score (nSPS) is 17.6. The average molecular weight is 385 g/mol. The quantitative estimate of drug-likeness (QED) is 0.683. The van der Waals surface area contributed by atoms with Crippen LogP contribution < -0.4 is 9.64 Å². The third-order valence-corrected chi connectivity index (χ3v) is 6.35. The molecule has 0 N–H and O–H groups in total. The van der Waals surface area contributed by atoms with Gasteiger partial charge in [-0.3, -0.25) is 4.79 Å². The average Bonchev–Trinajstić information content (AvgIpc) is 3.26. The van der Waals surface area contributed by atoms with Crippen LogP contribution in [0, 0.1) is 0 Å². The lowest BCUT2D eigenvalue weighted by Gasteiger charge is -2.29. The van der Waals surface area contributed by atoms with Crippen molar-refractivity contribution in [2.75, 3.05) is 37.7 Å². The van der Waals surface area contributed by atoms with E-state index in [9.17, 15) is 4.79 Å². The molecule has 0 radical (unpaired) electrons. The zero-order valence-electron chi connectivity index (χ0n) is 15.9. The summed E-state index contributed by atoms with van der Waals surface area (Å²) in [6, 6.07) is 10.1. The fourth-order valence-corrected chi connectivity index (χ4v) is 4.72. The van der Waals surface area contributed by atoms with Crippen molar-refractivity contribution in [3.05, 3.63) is 46.2 Å². The molecular weight excluding hydrogens is 356 g/mol. The lowest BCUT2D eigenvalue weighted by Crippen LogP contribution is -2.35. The van der Waals surface area contributed by atoms with Crippen molar-refractivity contribution in [1.82, 2.24) is 4.90 Å². The Bertz CT molecular complexity index is 754. The van der Waals surface area contributed by atoms with Gasteiger partial charge in [0.25, 0.3) is 5.91 Å². The number of piperidine rings is 1. The van der Waals surface area contributed by atoms with Crippen LogP contribution in [-0.2, 0) is 6.42 Å². The number of carbonyl (C=O) groups excluding carboxylic acids is 1. The minimum absolute atomic E-state index is 0.105. The SMILES string of the molecule is O=C(c1cccs1)N1CCCc2ccc(OCCCN3CCCCC3)cc21. The molecule has 2 aromatic rings. The van der Waals surface area contributed by atoms with Crippen LogP contribution in [0.2, 0.25) is 0 Å². The molecule has 27 heavy (non-hydrogen) atoms. The molecular formula is C22H28N2O2S. The molecule has 2 aliphatic rings. The molecule has 1 saturated heterocycles. The number of carbonyl (C=O) groups is 1. The Kier molecular flexibility index (Phi) is 6.10. The van der Waals surface area contributed by atoms with Crippen LogP contribution >= 0.6 is 11.3 Å². The number of hydrogen-bond acceptors (Lipinski definition) is 4. The minimum Gasteiger partial charge on any atom is -0.493 e. The Labute approximate surface area is 165 Å². The Morgan fingerprint density at radius 1 is 1.07 bits per heavy atom. The van der Waals surface area contributed by atoms with Gasteiger partial charge in [0.1, 0.15) is 5.75 Å². The highest BCUT2D eigenvalue weighted by Crippen LogP contribution is 2.32. The van der Waals surface area contributed by atoms with Crippen LogP contribution in [0.15, 0.2) is 35.7 Å². The number of ether oxygens (including phenoxy) is 1. The molecule has 144 valence electrons. The highest BCUT2D eigenvalue weighted by molar-refractivity contribution is 7.12. The molecule has 1 aromatic carbocycles. The van der Waals surface area contributed by atoms with Gasteiger partial charge < -0.3 is 14.5 Å². The highest BCUT2D eigenvalue weighted by atomic mass is 32.1. The predicted molar refractivity (Wildman–Crippen MR) is 111 cm³/mol. The summed E-state index contributed by atoms with van der Waals surface area (Å²) in [4.78, 5) is 18.1. The number of hydrogen-bond donors (Lipinski definition) is 0. The van der Waals surface area contributed by atoms with E-state index in [2.05, 4.69) is 23.1 Å². The van der Waals surface area contributed by atoms with Crippen LogP contribution in [0.4, 0.5) is 5.69 Å². The summed E-state index contributed by atoms with van der Waals surface area (Å²) in [7, 11) is 0. The van der Waals surface area contributed by atoms with Gasteiger partial charge in [0.15, 0.2) is 0 Å². The first-order chi connectivity index (χ1) is 13.3. The second kappa shape index (κ2) is 8.89. The Balaban J connectivity index is 1.37. The summed E-state index contributed by atoms with van der Waals surface area (Å²) >= 11 is 1.51. The lowest BCUT2D eigenvalue weighted by atomic mass is 10.0. The molecule has 1 aromatic heterocycles. The maximum absolute atomic E-state index is 12.9. The molecule has 5 heteroatoms. The fourth-order valence-electron chi connectivity index (χ4n) is 4.05. The Hall–Kier alpha value is -1.85. The van der Waals surface area contributed by atoms with E-state index >= 15 is 0 Å². The molecule has 4 rings (SSSR count). The second-order valence-electron chi connectivity index (χ2n) is 7.43. The highest BCUT2D eigenvalue weighted by Gasteiger charge is 2.24. The van der Waals surface area contributed by atoms with Gasteiger partial charge in [0.2, 0.25) is 0 Å². The van der Waals surface area contributed by atoms with E-state index in [4.69, 9.17) is 4.74 Å². The molecule has 0 atom stereocenters. The first-order valence-corrected chi connectivity index (χ1v) is 11.0. The molecule has 3 heterocycles. The number of likely N-dealkylation sites (tertiary alicyclic amines) is 1. The summed E-state index contributed by atoms with van der Waals surface area (Å²) in [6.07, 6.45) is 7.14. The maximum Gasteiger partial charge on any atom is 0.268 e. The minimum atomic E-state index is 0.105. The number of rotatable bonds is 6. The van der Waals surface area contributed by atoms with Crippen molar-refractivity contribution < 1.29 is 9.53 Å². The zero-order valence-corrected chi connectivity index (χ0v) is 16.7. The summed E-state index contributed by atoms with van der Waals surface area (Å²) in [5.41, 5.74) is 2.26. The van der Waals surface area contributed by atoms with Crippen molar-refractivity contribution in [2.45, 2.75) is 38.5 Å². The molecule has 2 aliphatic heterocycles. The number of nitrogens with zero attached hydrogens (tertiary/aromatic N) is 2. The van der Waals surface area contributed by atoms with Crippen LogP contribution in [0.25, 0.3) is 0 Å². The van der Waals surface area contributed by atoms with Gasteiger partial charge in [-0.15, -0.1) is 11.3 Å². The number of thiophene rings is 1. The first-order valence-electron chi connectivity index (χ1n) is 10.1. The standard InChI is InChI=1S/C22H28N2O2S/c25-22(21-8-5-16-27-21)24-14-4-7-18-9-10-19(17-20(18)24)26-15-6-13-23-11-2-1-3-12-23/h5,8-10,16-17H,1-4,6-7,11-15H2. The van der Waals surface area contributed by atoms with Crippen molar-refractivity contribution in [2.24, 2.45) is 0 Å². The van der Waals surface area contributed by atoms with Gasteiger partial charge in [-0.1, -0.05) is 18.6 Å². The third kappa shape index (κ3) is 4.53. The van der Waals surface area contributed by atoms with Crippen molar-refractivity contribution in [3.63, 3.8) is 0 Å². The van der Waals surface area contributed by atoms with Gasteiger partial charge in [0, 0.05) is 19.2 Å². The lowest BCUT2D eigenvalue weighted by molar-refractivity contribution is 0.0989. The molecule has 0 saturated carbocycles. The molecule has 0 bridgehead atoms. The van der Waals surface area contributed by atoms with E-state index in [1.54, 1.807) is 0 Å². The molecule has 4 nitrogen and oxygen atoms in total. The number of aryl methyl sites for hydroxylation is 1. The largest absolute Gasteiger partial charge is 0.493 e. The molecule has 1 fully saturated rings. The van der Waals surface area contributed by atoms with Gasteiger partial charge in [0.05, 0.1) is 17.2 Å². The van der Waals surface area contributed by atoms with E-state index in [0.29, 0.717) is 0 Å². The van der Waals surface area contributed by atoms with Crippen LogP contribution in [-0.4, -0.2) is 43.6 Å². The van der Waals surface area contributed by atoms with Crippen LogP contribution in [0.1, 0.15) is 47.3 Å². The monoisotopic (exact) mass is 384 g/mol. The Morgan fingerprint density at radius 2 is 1.96 bits per heavy atom. The first kappa shape index (κ1) is 18.5. The summed E-state index contributed by atoms with van der Waals surface area (Å²) < 4.78 is 6.02. The predicted octanol–water partition coefficient (Wildman–Crippen LogP) is 4.60. The second-order valence-corrected chi connectivity index (χ2v) is 8.38. The summed E-state index contributed by atoms with van der Waals surface area (Å²) in [6.45, 7) is 5.10. The molecule has 1 amide bonds. The Morgan fingerprint density at radius 3 is 2.78 bits per heavy atom. The van der Waals surface area contributed by atoms with E-state index in [0.717, 1.165) is 55.3 Å². The van der Waals surface area contributed by atoms with Crippen LogP contribution in [0.3, 0.4) is 0 Å². The number of anilines is 1. The van der Waals surface area contributed by atoms with Gasteiger partial charge in [-0.05, 0) is 68.3 Å². The van der Waals surface area contributed by atoms with Crippen molar-refractivity contribution in [3.8, 4) is 5.75 Å². The number of fused-ring (bicyclic) bond motifs is 1. The topological polar surface area (TPSA) is 32.8 Å². The molecule has 0 aliphatic carbocycles.